The summed E-state index contributed by atoms with van der Waals surface area (Å²) < 4.78 is 40.2. The summed E-state index contributed by atoms with van der Waals surface area (Å²) in [6.45, 7) is 0.576. The molecule has 28 heavy (non-hydrogen) atoms. The number of hydrogen-bond acceptors (Lipinski definition) is 4. The van der Waals surface area contributed by atoms with Crippen molar-refractivity contribution in [2.45, 2.75) is 30.5 Å². The average molecular weight is 387 g/mol. The highest BCUT2D eigenvalue weighted by molar-refractivity contribution is 6.14. The number of nitrogens with zero attached hydrogens (tertiary/aromatic N) is 3. The summed E-state index contributed by atoms with van der Waals surface area (Å²) in [4.78, 5) is 23.2. The molecule has 3 heterocycles. The lowest BCUT2D eigenvalue weighted by atomic mass is 9.74. The minimum absolute atomic E-state index is 0.115. The molecule has 1 aliphatic carbocycles. The van der Waals surface area contributed by atoms with Gasteiger partial charge < -0.3 is 10.0 Å². The third kappa shape index (κ3) is 2.27. The standard InChI is InChI=1S/C20H16F3N3O2/c21-20(22,23)15-6-5-13-16(24-15)19(8-7-11-3-1-2-4-14(11)19)18(28)25-17(13)26-9-12(27)10-26/h1-6,12,27H,7-10H2/t19-/m1/s1. The number of benzene rings is 1. The lowest BCUT2D eigenvalue weighted by molar-refractivity contribution is -0.141. The Bertz CT molecular complexity index is 1030. The Hall–Kier alpha value is -2.74. The molecule has 8 heteroatoms. The lowest BCUT2D eigenvalue weighted by Crippen LogP contribution is -2.56. The first-order chi connectivity index (χ1) is 13.3. The zero-order valence-corrected chi connectivity index (χ0v) is 14.7. The second-order valence-corrected chi connectivity index (χ2v) is 7.45. The molecule has 0 saturated carbocycles. The van der Waals surface area contributed by atoms with Crippen LogP contribution in [-0.4, -0.2) is 45.9 Å². The van der Waals surface area contributed by atoms with Gasteiger partial charge in [-0.05, 0) is 36.1 Å². The molecule has 2 aliphatic heterocycles. The fourth-order valence-electron chi connectivity index (χ4n) is 4.42. The van der Waals surface area contributed by atoms with E-state index in [1.54, 1.807) is 17.0 Å². The van der Waals surface area contributed by atoms with Crippen LogP contribution < -0.4 is 0 Å². The van der Waals surface area contributed by atoms with Crippen LogP contribution in [0.25, 0.3) is 0 Å². The van der Waals surface area contributed by atoms with Gasteiger partial charge in [-0.15, -0.1) is 0 Å². The number of carbonyl (C=O) groups is 1. The van der Waals surface area contributed by atoms with Crippen LogP contribution in [0.2, 0.25) is 0 Å². The van der Waals surface area contributed by atoms with Crippen molar-refractivity contribution < 1.29 is 23.1 Å². The molecule has 1 saturated heterocycles. The number of hydrogen-bond donors (Lipinski definition) is 1. The summed E-state index contributed by atoms with van der Waals surface area (Å²) in [5, 5.41) is 9.60. The van der Waals surface area contributed by atoms with Crippen molar-refractivity contribution in [1.82, 2.24) is 9.88 Å². The number of carbonyl (C=O) groups excluding carboxylic acids is 1. The van der Waals surface area contributed by atoms with Crippen LogP contribution >= 0.6 is 0 Å². The lowest BCUT2D eigenvalue weighted by Gasteiger charge is -2.42. The number of likely N-dealkylation sites (tertiary alicyclic amines) is 1. The monoisotopic (exact) mass is 387 g/mol. The Balaban J connectivity index is 1.75. The average Bonchev–Trinajstić information content (AvgIpc) is 3.02. The number of aromatic nitrogens is 1. The van der Waals surface area contributed by atoms with E-state index in [0.717, 1.165) is 11.6 Å². The van der Waals surface area contributed by atoms with Crippen molar-refractivity contribution in [3.05, 3.63) is 64.5 Å². The van der Waals surface area contributed by atoms with Gasteiger partial charge in [0, 0.05) is 18.7 Å². The van der Waals surface area contributed by atoms with E-state index in [1.807, 2.05) is 12.1 Å². The molecule has 1 aromatic carbocycles. The van der Waals surface area contributed by atoms with Gasteiger partial charge in [0.2, 0.25) is 0 Å². The molecule has 1 aromatic heterocycles. The van der Waals surface area contributed by atoms with Gasteiger partial charge in [-0.1, -0.05) is 24.3 Å². The van der Waals surface area contributed by atoms with Crippen molar-refractivity contribution in [3.63, 3.8) is 0 Å². The first-order valence-corrected chi connectivity index (χ1v) is 9.04. The van der Waals surface area contributed by atoms with Gasteiger partial charge in [0.15, 0.2) is 0 Å². The van der Waals surface area contributed by atoms with Gasteiger partial charge >= 0.3 is 6.18 Å². The van der Waals surface area contributed by atoms with E-state index in [0.29, 0.717) is 29.8 Å². The molecule has 1 atom stereocenters. The number of β-amino-alcohol motifs (C(OH)–C–C–N with tert-alkyl or cyclic N) is 1. The minimum atomic E-state index is -4.61. The van der Waals surface area contributed by atoms with Crippen molar-refractivity contribution in [1.29, 1.82) is 0 Å². The zero-order chi connectivity index (χ0) is 19.7. The highest BCUT2D eigenvalue weighted by Gasteiger charge is 2.53. The second-order valence-electron chi connectivity index (χ2n) is 7.45. The maximum Gasteiger partial charge on any atom is 0.433 e. The molecule has 1 fully saturated rings. The van der Waals surface area contributed by atoms with Crippen LogP contribution in [0.4, 0.5) is 13.2 Å². The summed E-state index contributed by atoms with van der Waals surface area (Å²) in [6.07, 6.45) is -4.23. The molecule has 144 valence electrons. The number of fused-ring (bicyclic) bond motifs is 4. The number of aliphatic imine (C=N–C) groups is 1. The third-order valence-corrected chi connectivity index (χ3v) is 5.81. The highest BCUT2D eigenvalue weighted by Crippen LogP contribution is 2.48. The number of pyridine rings is 1. The van der Waals surface area contributed by atoms with Gasteiger partial charge in [-0.25, -0.2) is 4.98 Å². The first kappa shape index (κ1) is 17.4. The summed E-state index contributed by atoms with van der Waals surface area (Å²) in [7, 11) is 0. The van der Waals surface area contributed by atoms with Gasteiger partial charge in [0.05, 0.1) is 11.8 Å². The van der Waals surface area contributed by atoms with Crippen LogP contribution in [-0.2, 0) is 22.8 Å². The van der Waals surface area contributed by atoms with Crippen LogP contribution in [0.5, 0.6) is 0 Å². The van der Waals surface area contributed by atoms with Gasteiger partial charge in [0.25, 0.3) is 5.91 Å². The highest BCUT2D eigenvalue weighted by atomic mass is 19.4. The fourth-order valence-corrected chi connectivity index (χ4v) is 4.42. The Morgan fingerprint density at radius 3 is 2.61 bits per heavy atom. The van der Waals surface area contributed by atoms with Gasteiger partial charge in [-0.3, -0.25) is 4.79 Å². The number of halogens is 3. The van der Waals surface area contributed by atoms with Gasteiger partial charge in [0.1, 0.15) is 16.9 Å². The molecule has 1 amide bonds. The molecule has 5 rings (SSSR count). The molecule has 0 unspecified atom stereocenters. The predicted octanol–water partition coefficient (Wildman–Crippen LogP) is 2.30. The first-order valence-electron chi connectivity index (χ1n) is 9.04. The molecular formula is C20H16F3N3O2. The summed E-state index contributed by atoms with van der Waals surface area (Å²) in [6, 6.07) is 9.56. The van der Waals surface area contributed by atoms with E-state index < -0.39 is 29.3 Å². The summed E-state index contributed by atoms with van der Waals surface area (Å²) in [5.74, 6) is -0.199. The summed E-state index contributed by atoms with van der Waals surface area (Å²) >= 11 is 0. The Kier molecular flexibility index (Phi) is 3.49. The van der Waals surface area contributed by atoms with E-state index in [4.69, 9.17) is 0 Å². The third-order valence-electron chi connectivity index (χ3n) is 5.81. The molecule has 0 bridgehead atoms. The number of amides is 1. The SMILES string of the molecule is O=C1N=C(N2CC(O)C2)c2ccc(C(F)(F)F)nc2[C@]12CCc1ccccc12. The Morgan fingerprint density at radius 1 is 1.14 bits per heavy atom. The second kappa shape index (κ2) is 5.64. The van der Waals surface area contributed by atoms with Crippen LogP contribution in [0.3, 0.4) is 0 Å². The van der Waals surface area contributed by atoms with Crippen molar-refractivity contribution >= 4 is 11.7 Å². The normalized spacial score (nSPS) is 24.1. The number of aliphatic hydroxyl groups is 1. The maximum atomic E-state index is 13.4. The van der Waals surface area contributed by atoms with Crippen molar-refractivity contribution in [3.8, 4) is 0 Å². The fraction of sp³-hybridized carbons (Fsp3) is 0.350. The van der Waals surface area contributed by atoms with E-state index in [2.05, 4.69) is 9.98 Å². The number of alkyl halides is 3. The molecule has 5 nitrogen and oxygen atoms in total. The molecule has 0 radical (unpaired) electrons. The Labute approximate surface area is 158 Å². The van der Waals surface area contributed by atoms with E-state index in [-0.39, 0.29) is 18.8 Å². The van der Waals surface area contributed by atoms with Crippen molar-refractivity contribution in [2.75, 3.05) is 13.1 Å². The van der Waals surface area contributed by atoms with E-state index in [1.165, 1.54) is 6.07 Å². The predicted molar refractivity (Wildman–Crippen MR) is 93.9 cm³/mol. The Morgan fingerprint density at radius 2 is 1.89 bits per heavy atom. The van der Waals surface area contributed by atoms with Crippen LogP contribution in [0, 0.1) is 0 Å². The molecule has 2 aromatic rings. The van der Waals surface area contributed by atoms with E-state index in [9.17, 15) is 23.1 Å². The number of amidine groups is 1. The molecular weight excluding hydrogens is 371 g/mol. The summed E-state index contributed by atoms with van der Waals surface area (Å²) in [5.41, 5.74) is -0.161. The molecule has 1 N–H and O–H groups in total. The number of aliphatic hydroxyl groups excluding tert-OH is 1. The quantitative estimate of drug-likeness (QED) is 0.753. The molecule has 3 aliphatic rings. The smallest absolute Gasteiger partial charge is 0.389 e. The minimum Gasteiger partial charge on any atom is -0.389 e. The van der Waals surface area contributed by atoms with E-state index >= 15 is 0 Å². The number of aryl methyl sites for hydroxylation is 1. The maximum absolute atomic E-state index is 13.4. The van der Waals surface area contributed by atoms with Crippen LogP contribution in [0.15, 0.2) is 41.4 Å². The van der Waals surface area contributed by atoms with Gasteiger partial charge in [-0.2, -0.15) is 18.2 Å². The zero-order valence-electron chi connectivity index (χ0n) is 14.7. The topological polar surface area (TPSA) is 65.8 Å². The number of rotatable bonds is 0. The van der Waals surface area contributed by atoms with Crippen LogP contribution in [0.1, 0.15) is 34.5 Å². The van der Waals surface area contributed by atoms with Crippen molar-refractivity contribution in [2.24, 2.45) is 4.99 Å². The largest absolute Gasteiger partial charge is 0.433 e. The molecule has 1 spiro atoms.